The number of rotatable bonds is 6. The van der Waals surface area contributed by atoms with E-state index in [2.05, 4.69) is 10.6 Å². The predicted octanol–water partition coefficient (Wildman–Crippen LogP) is 2.57. The molecule has 1 unspecified atom stereocenters. The van der Waals surface area contributed by atoms with E-state index >= 15 is 0 Å². The average Bonchev–Trinajstić information content (AvgIpc) is 2.34. The Morgan fingerprint density at radius 1 is 1.33 bits per heavy atom. The van der Waals surface area contributed by atoms with E-state index in [9.17, 15) is 4.79 Å². The Hall–Kier alpha value is -1.95. The zero-order valence-electron chi connectivity index (χ0n) is 13.1. The maximum atomic E-state index is 11.5. The molecule has 0 aromatic heterocycles. The highest BCUT2D eigenvalue weighted by Crippen LogP contribution is 2.15. The fourth-order valence-electron chi connectivity index (χ4n) is 1.59. The zero-order valence-corrected chi connectivity index (χ0v) is 13.1. The number of benzene rings is 1. The number of carbonyl (C=O) groups is 1. The second-order valence-electron chi connectivity index (χ2n) is 5.73. The molecular formula is C15H25N3O3. The van der Waals surface area contributed by atoms with E-state index < -0.39 is 12.4 Å². The summed E-state index contributed by atoms with van der Waals surface area (Å²) >= 11 is 0. The van der Waals surface area contributed by atoms with Crippen LogP contribution in [0.5, 0.6) is 0 Å². The van der Waals surface area contributed by atoms with Crippen molar-refractivity contribution in [3.63, 3.8) is 0 Å². The summed E-state index contributed by atoms with van der Waals surface area (Å²) in [5.74, 6) is 0. The van der Waals surface area contributed by atoms with Crippen LogP contribution in [0.15, 0.2) is 24.3 Å². The van der Waals surface area contributed by atoms with Gasteiger partial charge in [-0.3, -0.25) is 0 Å². The molecule has 6 heteroatoms. The molecule has 0 aliphatic heterocycles. The quantitative estimate of drug-likeness (QED) is 0.426. The van der Waals surface area contributed by atoms with Crippen LogP contribution >= 0.6 is 0 Å². The van der Waals surface area contributed by atoms with Crippen LogP contribution in [0.3, 0.4) is 0 Å². The van der Waals surface area contributed by atoms with Gasteiger partial charge in [0.2, 0.25) is 6.29 Å². The van der Waals surface area contributed by atoms with Crippen molar-refractivity contribution < 1.29 is 14.3 Å². The molecule has 118 valence electrons. The van der Waals surface area contributed by atoms with Gasteiger partial charge in [0.1, 0.15) is 0 Å². The van der Waals surface area contributed by atoms with E-state index in [1.54, 1.807) is 6.92 Å². The Kier molecular flexibility index (Phi) is 6.30. The number of anilines is 2. The molecule has 0 aliphatic carbocycles. The number of nitrogens with two attached hydrogens (primary N) is 1. The minimum Gasteiger partial charge on any atom is -0.420 e. The van der Waals surface area contributed by atoms with E-state index in [4.69, 9.17) is 15.2 Å². The fourth-order valence-corrected chi connectivity index (χ4v) is 1.59. The summed E-state index contributed by atoms with van der Waals surface area (Å²) in [5, 5.41) is 5.85. The van der Waals surface area contributed by atoms with Crippen LogP contribution < -0.4 is 16.4 Å². The molecule has 1 atom stereocenters. The Labute approximate surface area is 126 Å². The third-order valence-electron chi connectivity index (χ3n) is 2.48. The SMILES string of the molecule is CC(OCCNc1ccccc1N)OC(=O)NC(C)(C)C. The lowest BCUT2D eigenvalue weighted by molar-refractivity contribution is -0.0887. The van der Waals surface area contributed by atoms with Gasteiger partial charge in [-0.05, 0) is 39.8 Å². The van der Waals surface area contributed by atoms with Gasteiger partial charge in [0.05, 0.1) is 18.0 Å². The number of amides is 1. The number of nitrogens with one attached hydrogen (secondary N) is 2. The smallest absolute Gasteiger partial charge is 0.409 e. The van der Waals surface area contributed by atoms with Crippen LogP contribution in [0.2, 0.25) is 0 Å². The van der Waals surface area contributed by atoms with Crippen LogP contribution in [0.4, 0.5) is 16.2 Å². The second kappa shape index (κ2) is 7.73. The van der Waals surface area contributed by atoms with Gasteiger partial charge in [0.25, 0.3) is 0 Å². The Morgan fingerprint density at radius 2 is 2.00 bits per heavy atom. The molecule has 1 aromatic carbocycles. The van der Waals surface area contributed by atoms with Gasteiger partial charge in [-0.2, -0.15) is 0 Å². The van der Waals surface area contributed by atoms with Crippen molar-refractivity contribution in [1.82, 2.24) is 5.32 Å². The van der Waals surface area contributed by atoms with E-state index in [1.165, 1.54) is 0 Å². The second-order valence-corrected chi connectivity index (χ2v) is 5.73. The van der Waals surface area contributed by atoms with Crippen molar-refractivity contribution in [3.8, 4) is 0 Å². The van der Waals surface area contributed by atoms with Gasteiger partial charge in [-0.15, -0.1) is 0 Å². The summed E-state index contributed by atoms with van der Waals surface area (Å²) in [7, 11) is 0. The molecule has 0 fully saturated rings. The van der Waals surface area contributed by atoms with Crippen LogP contribution in [0, 0.1) is 0 Å². The van der Waals surface area contributed by atoms with Gasteiger partial charge >= 0.3 is 6.09 Å². The molecule has 0 saturated heterocycles. The highest BCUT2D eigenvalue weighted by Gasteiger charge is 2.16. The van der Waals surface area contributed by atoms with Crippen LogP contribution in [-0.4, -0.2) is 31.1 Å². The molecule has 0 saturated carbocycles. The monoisotopic (exact) mass is 295 g/mol. The molecule has 1 amide bonds. The number of para-hydroxylation sites is 2. The first kappa shape index (κ1) is 17.1. The molecule has 0 aliphatic rings. The molecule has 0 bridgehead atoms. The first-order valence-corrected chi connectivity index (χ1v) is 6.97. The van der Waals surface area contributed by atoms with Crippen LogP contribution in [0.1, 0.15) is 27.7 Å². The largest absolute Gasteiger partial charge is 0.420 e. The van der Waals surface area contributed by atoms with Crippen LogP contribution in [0.25, 0.3) is 0 Å². The lowest BCUT2D eigenvalue weighted by Gasteiger charge is -2.22. The lowest BCUT2D eigenvalue weighted by Crippen LogP contribution is -2.42. The highest BCUT2D eigenvalue weighted by atomic mass is 16.7. The predicted molar refractivity (Wildman–Crippen MR) is 84.1 cm³/mol. The summed E-state index contributed by atoms with van der Waals surface area (Å²) in [5.41, 5.74) is 7.02. The van der Waals surface area contributed by atoms with Gasteiger partial charge in [-0.1, -0.05) is 12.1 Å². The maximum Gasteiger partial charge on any atom is 0.409 e. The summed E-state index contributed by atoms with van der Waals surface area (Å²) in [6, 6.07) is 7.50. The third-order valence-corrected chi connectivity index (χ3v) is 2.48. The molecule has 6 nitrogen and oxygen atoms in total. The van der Waals surface area contributed by atoms with Crippen molar-refractivity contribution in [2.75, 3.05) is 24.2 Å². The van der Waals surface area contributed by atoms with Crippen molar-refractivity contribution >= 4 is 17.5 Å². The number of hydrogen-bond acceptors (Lipinski definition) is 5. The van der Waals surface area contributed by atoms with Gasteiger partial charge in [0.15, 0.2) is 0 Å². The number of ether oxygens (including phenoxy) is 2. The molecule has 0 radical (unpaired) electrons. The lowest BCUT2D eigenvalue weighted by atomic mass is 10.1. The fraction of sp³-hybridized carbons (Fsp3) is 0.533. The average molecular weight is 295 g/mol. The van der Waals surface area contributed by atoms with E-state index in [0.29, 0.717) is 18.8 Å². The summed E-state index contributed by atoms with van der Waals surface area (Å²) in [6.45, 7) is 8.30. The Balaban J connectivity index is 2.21. The van der Waals surface area contributed by atoms with E-state index in [1.807, 2.05) is 45.0 Å². The van der Waals surface area contributed by atoms with Crippen LogP contribution in [-0.2, 0) is 9.47 Å². The number of nitrogen functional groups attached to an aromatic ring is 1. The first-order chi connectivity index (χ1) is 9.78. The molecule has 21 heavy (non-hydrogen) atoms. The summed E-state index contributed by atoms with van der Waals surface area (Å²) < 4.78 is 10.5. The molecular weight excluding hydrogens is 270 g/mol. The molecule has 0 spiro atoms. The summed E-state index contributed by atoms with van der Waals surface area (Å²) in [6.07, 6.45) is -1.10. The van der Waals surface area contributed by atoms with E-state index in [0.717, 1.165) is 5.69 Å². The zero-order chi connectivity index (χ0) is 15.9. The molecule has 0 heterocycles. The molecule has 1 aromatic rings. The minimum absolute atomic E-state index is 0.330. The molecule has 1 rings (SSSR count). The van der Waals surface area contributed by atoms with Crippen molar-refractivity contribution in [2.24, 2.45) is 0 Å². The molecule has 4 N–H and O–H groups in total. The first-order valence-electron chi connectivity index (χ1n) is 6.97. The third kappa shape index (κ3) is 7.41. The topological polar surface area (TPSA) is 85.6 Å². The number of hydrogen-bond donors (Lipinski definition) is 3. The number of carbonyl (C=O) groups excluding carboxylic acids is 1. The minimum atomic E-state index is -0.609. The Bertz CT molecular complexity index is 458. The summed E-state index contributed by atoms with van der Waals surface area (Å²) in [4.78, 5) is 11.5. The number of alkyl carbamates (subject to hydrolysis) is 1. The van der Waals surface area contributed by atoms with Crippen molar-refractivity contribution in [1.29, 1.82) is 0 Å². The van der Waals surface area contributed by atoms with E-state index in [-0.39, 0.29) is 5.54 Å². The van der Waals surface area contributed by atoms with Gasteiger partial charge < -0.3 is 25.8 Å². The normalized spacial score (nSPS) is 12.6. The van der Waals surface area contributed by atoms with Crippen molar-refractivity contribution in [3.05, 3.63) is 24.3 Å². The van der Waals surface area contributed by atoms with Crippen molar-refractivity contribution in [2.45, 2.75) is 39.5 Å². The maximum absolute atomic E-state index is 11.5. The van der Waals surface area contributed by atoms with Gasteiger partial charge in [-0.25, -0.2) is 4.79 Å². The standard InChI is InChI=1S/C15H25N3O3/c1-11(21-14(19)18-15(2,3)4)20-10-9-17-13-8-6-5-7-12(13)16/h5-8,11,17H,9-10,16H2,1-4H3,(H,18,19). The van der Waals surface area contributed by atoms with Gasteiger partial charge in [0, 0.05) is 12.1 Å². The Morgan fingerprint density at radius 3 is 2.62 bits per heavy atom. The highest BCUT2D eigenvalue weighted by molar-refractivity contribution is 5.68.